The molecular formula is C14H26N4O. The van der Waals surface area contributed by atoms with Crippen molar-refractivity contribution in [2.75, 3.05) is 36.9 Å². The van der Waals surface area contributed by atoms with Gasteiger partial charge in [-0.2, -0.15) is 0 Å². The van der Waals surface area contributed by atoms with Crippen LogP contribution in [0.5, 0.6) is 0 Å². The molecule has 1 rings (SSSR count). The van der Waals surface area contributed by atoms with Crippen LogP contribution in [0, 0.1) is 0 Å². The van der Waals surface area contributed by atoms with Gasteiger partial charge < -0.3 is 15.4 Å². The normalized spacial score (nSPS) is 10.5. The Kier molecular flexibility index (Phi) is 7.89. The quantitative estimate of drug-likeness (QED) is 0.638. The molecule has 5 nitrogen and oxygen atoms in total. The van der Waals surface area contributed by atoms with E-state index in [1.165, 1.54) is 0 Å². The molecule has 0 aromatic carbocycles. The number of rotatable bonds is 10. The summed E-state index contributed by atoms with van der Waals surface area (Å²) < 4.78 is 5.45. The minimum absolute atomic E-state index is 0.799. The first-order valence-corrected chi connectivity index (χ1v) is 7.22. The van der Waals surface area contributed by atoms with Gasteiger partial charge in [0.2, 0.25) is 0 Å². The number of hydrogen-bond donors (Lipinski definition) is 2. The molecule has 0 aliphatic rings. The highest BCUT2D eigenvalue weighted by atomic mass is 16.5. The molecule has 108 valence electrons. The second kappa shape index (κ2) is 9.55. The summed E-state index contributed by atoms with van der Waals surface area (Å²) in [5.74, 6) is 1.87. The van der Waals surface area contributed by atoms with Crippen molar-refractivity contribution < 1.29 is 4.74 Å². The fraction of sp³-hybridized carbons (Fsp3) is 0.714. The molecule has 0 saturated heterocycles. The van der Waals surface area contributed by atoms with Crippen molar-refractivity contribution in [1.29, 1.82) is 0 Å². The van der Waals surface area contributed by atoms with Gasteiger partial charge >= 0.3 is 0 Å². The monoisotopic (exact) mass is 266 g/mol. The molecule has 0 bridgehead atoms. The lowest BCUT2D eigenvalue weighted by Gasteiger charge is -2.13. The van der Waals surface area contributed by atoms with Crippen molar-refractivity contribution in [3.63, 3.8) is 0 Å². The summed E-state index contributed by atoms with van der Waals surface area (Å²) in [4.78, 5) is 8.61. The Hall–Kier alpha value is -1.36. The summed E-state index contributed by atoms with van der Waals surface area (Å²) in [6, 6.07) is 0. The molecule has 0 aliphatic carbocycles. The maximum atomic E-state index is 5.45. The Balaban J connectivity index is 2.46. The third-order valence-electron chi connectivity index (χ3n) is 2.75. The number of anilines is 2. The van der Waals surface area contributed by atoms with Gasteiger partial charge in [-0.3, -0.25) is 0 Å². The van der Waals surface area contributed by atoms with Crippen molar-refractivity contribution in [2.24, 2.45) is 0 Å². The summed E-state index contributed by atoms with van der Waals surface area (Å²) in [5, 5.41) is 6.64. The molecular weight excluding hydrogens is 240 g/mol. The fourth-order valence-electron chi connectivity index (χ4n) is 1.85. The molecule has 0 saturated carbocycles. The van der Waals surface area contributed by atoms with E-state index >= 15 is 0 Å². The van der Waals surface area contributed by atoms with Crippen LogP contribution in [0.15, 0.2) is 6.33 Å². The number of nitrogens with zero attached hydrogens (tertiary/aromatic N) is 2. The average Bonchev–Trinajstić information content (AvgIpc) is 2.43. The lowest BCUT2D eigenvalue weighted by Crippen LogP contribution is -2.12. The molecule has 0 atom stereocenters. The lowest BCUT2D eigenvalue weighted by atomic mass is 10.2. The molecule has 1 aromatic rings. The molecule has 5 heteroatoms. The van der Waals surface area contributed by atoms with Gasteiger partial charge in [-0.15, -0.1) is 0 Å². The van der Waals surface area contributed by atoms with Crippen molar-refractivity contribution in [2.45, 2.75) is 40.0 Å². The van der Waals surface area contributed by atoms with E-state index < -0.39 is 0 Å². The Morgan fingerprint density at radius 1 is 1.05 bits per heavy atom. The number of aromatic nitrogens is 2. The van der Waals surface area contributed by atoms with E-state index in [4.69, 9.17) is 4.74 Å². The van der Waals surface area contributed by atoms with Gasteiger partial charge in [-0.25, -0.2) is 9.97 Å². The highest BCUT2D eigenvalue weighted by Crippen LogP contribution is 2.20. The molecule has 0 radical (unpaired) electrons. The zero-order valence-corrected chi connectivity index (χ0v) is 12.3. The maximum absolute atomic E-state index is 5.45. The third-order valence-corrected chi connectivity index (χ3v) is 2.75. The second-order valence-electron chi connectivity index (χ2n) is 4.33. The zero-order valence-electron chi connectivity index (χ0n) is 12.3. The summed E-state index contributed by atoms with van der Waals surface area (Å²) in [6.07, 6.45) is 4.58. The number of hydrogen-bond acceptors (Lipinski definition) is 5. The predicted octanol–water partition coefficient (Wildman–Crippen LogP) is 2.70. The van der Waals surface area contributed by atoms with E-state index in [9.17, 15) is 0 Å². The smallest absolute Gasteiger partial charge is 0.134 e. The van der Waals surface area contributed by atoms with Crippen LogP contribution in [0.4, 0.5) is 11.6 Å². The van der Waals surface area contributed by atoms with Crippen LogP contribution in [0.25, 0.3) is 0 Å². The lowest BCUT2D eigenvalue weighted by molar-refractivity contribution is 0.134. The first-order chi connectivity index (χ1) is 9.33. The number of nitrogens with one attached hydrogen (secondary N) is 2. The van der Waals surface area contributed by atoms with Gasteiger partial charge in [0.25, 0.3) is 0 Å². The molecule has 0 aliphatic heterocycles. The minimum Gasteiger partial charge on any atom is -0.381 e. The highest BCUT2D eigenvalue weighted by molar-refractivity contribution is 5.57. The van der Waals surface area contributed by atoms with E-state index in [0.717, 1.165) is 62.8 Å². The van der Waals surface area contributed by atoms with Gasteiger partial charge in [0, 0.05) is 31.9 Å². The van der Waals surface area contributed by atoms with Crippen molar-refractivity contribution in [3.05, 3.63) is 11.9 Å². The van der Waals surface area contributed by atoms with E-state index in [1.807, 2.05) is 0 Å². The Morgan fingerprint density at radius 2 is 1.79 bits per heavy atom. The molecule has 0 spiro atoms. The molecule has 0 amide bonds. The topological polar surface area (TPSA) is 59.1 Å². The summed E-state index contributed by atoms with van der Waals surface area (Å²) >= 11 is 0. The van der Waals surface area contributed by atoms with Crippen LogP contribution in [0.1, 0.15) is 39.2 Å². The van der Waals surface area contributed by atoms with E-state index in [2.05, 4.69) is 41.4 Å². The van der Waals surface area contributed by atoms with Gasteiger partial charge in [0.05, 0.1) is 0 Å². The Morgan fingerprint density at radius 3 is 2.42 bits per heavy atom. The average molecular weight is 266 g/mol. The second-order valence-corrected chi connectivity index (χ2v) is 4.33. The zero-order chi connectivity index (χ0) is 13.9. The standard InChI is InChI=1S/C14H26N4O/c1-4-9-19-10-7-8-16-14-12(5-2)13(15-6-3)17-11-18-14/h11H,4-10H2,1-3H3,(H2,15,16,17,18). The van der Waals surface area contributed by atoms with E-state index in [-0.39, 0.29) is 0 Å². The van der Waals surface area contributed by atoms with E-state index in [1.54, 1.807) is 6.33 Å². The SMILES string of the molecule is CCCOCCCNc1ncnc(NCC)c1CC. The van der Waals surface area contributed by atoms with Crippen LogP contribution in [0.3, 0.4) is 0 Å². The van der Waals surface area contributed by atoms with Crippen molar-refractivity contribution in [3.8, 4) is 0 Å². The molecule has 1 aromatic heterocycles. The molecule has 0 unspecified atom stereocenters. The van der Waals surface area contributed by atoms with Crippen LogP contribution in [-0.4, -0.2) is 36.3 Å². The maximum Gasteiger partial charge on any atom is 0.134 e. The number of ether oxygens (including phenoxy) is 1. The van der Waals surface area contributed by atoms with E-state index in [0.29, 0.717) is 0 Å². The minimum atomic E-state index is 0.799. The summed E-state index contributed by atoms with van der Waals surface area (Å²) in [6.45, 7) is 9.70. The Bertz CT molecular complexity index is 357. The molecule has 0 fully saturated rings. The van der Waals surface area contributed by atoms with Crippen LogP contribution >= 0.6 is 0 Å². The first kappa shape index (κ1) is 15.7. The Labute approximate surface area is 116 Å². The summed E-state index contributed by atoms with van der Waals surface area (Å²) in [5.41, 5.74) is 1.15. The summed E-state index contributed by atoms with van der Waals surface area (Å²) in [7, 11) is 0. The van der Waals surface area contributed by atoms with Crippen LogP contribution in [0.2, 0.25) is 0 Å². The fourth-order valence-corrected chi connectivity index (χ4v) is 1.85. The van der Waals surface area contributed by atoms with Crippen molar-refractivity contribution >= 4 is 11.6 Å². The van der Waals surface area contributed by atoms with Gasteiger partial charge in [-0.05, 0) is 26.2 Å². The van der Waals surface area contributed by atoms with Crippen molar-refractivity contribution in [1.82, 2.24) is 9.97 Å². The molecule has 1 heterocycles. The third kappa shape index (κ3) is 5.42. The predicted molar refractivity (Wildman–Crippen MR) is 79.8 cm³/mol. The first-order valence-electron chi connectivity index (χ1n) is 7.22. The molecule has 2 N–H and O–H groups in total. The van der Waals surface area contributed by atoms with Gasteiger partial charge in [0.1, 0.15) is 18.0 Å². The van der Waals surface area contributed by atoms with Gasteiger partial charge in [-0.1, -0.05) is 13.8 Å². The van der Waals surface area contributed by atoms with Crippen LogP contribution < -0.4 is 10.6 Å². The van der Waals surface area contributed by atoms with Gasteiger partial charge in [0.15, 0.2) is 0 Å². The highest BCUT2D eigenvalue weighted by Gasteiger charge is 2.08. The largest absolute Gasteiger partial charge is 0.381 e. The molecule has 19 heavy (non-hydrogen) atoms. The van der Waals surface area contributed by atoms with Crippen LogP contribution in [-0.2, 0) is 11.2 Å².